The van der Waals surface area contributed by atoms with E-state index in [1.54, 1.807) is 37.4 Å². The summed E-state index contributed by atoms with van der Waals surface area (Å²) in [5.74, 6) is -1.69. The van der Waals surface area contributed by atoms with Gasteiger partial charge in [-0.15, -0.1) is 0 Å². The molecule has 2 saturated heterocycles. The Morgan fingerprint density at radius 3 is 2.58 bits per heavy atom. The number of carbonyl (C=O) groups is 4. The predicted octanol–water partition coefficient (Wildman–Crippen LogP) is 5.30. The van der Waals surface area contributed by atoms with Gasteiger partial charge in [-0.1, -0.05) is 39.8 Å². The third-order valence-electron chi connectivity index (χ3n) is 12.2. The smallest absolute Gasteiger partial charge is 0.324 e. The zero-order valence-electron chi connectivity index (χ0n) is 37.0. The molecule has 3 N–H and O–H groups in total. The number of amides is 4. The van der Waals surface area contributed by atoms with Crippen LogP contribution < -0.4 is 10.7 Å². The number of aromatic nitrogens is 2. The number of methoxy groups -OCH3 is 1. The zero-order chi connectivity index (χ0) is 44.3. The summed E-state index contributed by atoms with van der Waals surface area (Å²) in [6.07, 6.45) is 3.33. The number of likely N-dealkylation sites (N-methyl/N-ethyl adjacent to an activating group) is 1. The molecule has 3 aliphatic heterocycles. The minimum Gasteiger partial charge on any atom is -0.508 e. The second-order valence-electron chi connectivity index (χ2n) is 17.8. The van der Waals surface area contributed by atoms with Gasteiger partial charge in [0.1, 0.15) is 23.9 Å². The molecule has 15 nitrogen and oxygen atoms in total. The third-order valence-corrected chi connectivity index (χ3v) is 12.2. The van der Waals surface area contributed by atoms with Crippen LogP contribution in [0.5, 0.6) is 5.75 Å². The number of nitrogens with zero attached hydrogens (tertiary/aromatic N) is 5. The van der Waals surface area contributed by atoms with Gasteiger partial charge < -0.3 is 39.0 Å². The Hall–Kier alpha value is -5.51. The molecule has 2 aromatic heterocycles. The van der Waals surface area contributed by atoms with Crippen LogP contribution in [-0.2, 0) is 54.6 Å². The molecule has 4 aromatic rings. The number of fused-ring (bicyclic) bond motifs is 6. The first-order valence-corrected chi connectivity index (χ1v) is 21.7. The number of hydrazine groups is 1. The molecule has 0 unspecified atom stereocenters. The van der Waals surface area contributed by atoms with Crippen molar-refractivity contribution in [1.82, 2.24) is 35.1 Å². The summed E-state index contributed by atoms with van der Waals surface area (Å²) < 4.78 is 19.4. The Balaban J connectivity index is 1.33. The second-order valence-corrected chi connectivity index (χ2v) is 17.8. The van der Waals surface area contributed by atoms with Gasteiger partial charge in [-0.2, -0.15) is 0 Å². The molecule has 332 valence electrons. The number of morpholine rings is 1. The van der Waals surface area contributed by atoms with Gasteiger partial charge in [0.05, 0.1) is 37.8 Å². The van der Waals surface area contributed by atoms with E-state index in [2.05, 4.69) is 54.3 Å². The Labute approximate surface area is 363 Å². The molecule has 0 aliphatic carbocycles. The predicted molar refractivity (Wildman–Crippen MR) is 235 cm³/mol. The maximum absolute atomic E-state index is 14.6. The lowest BCUT2D eigenvalue weighted by Crippen LogP contribution is -2.62. The van der Waals surface area contributed by atoms with E-state index in [-0.39, 0.29) is 30.7 Å². The number of hydrogen-bond acceptors (Lipinski definition) is 10. The van der Waals surface area contributed by atoms with Crippen molar-refractivity contribution in [3.05, 3.63) is 71.5 Å². The number of benzene rings is 2. The van der Waals surface area contributed by atoms with Gasteiger partial charge in [-0.3, -0.25) is 24.4 Å². The van der Waals surface area contributed by atoms with Crippen LogP contribution in [0.3, 0.4) is 0 Å². The van der Waals surface area contributed by atoms with Crippen molar-refractivity contribution in [1.29, 1.82) is 0 Å². The number of cyclic esters (lactones) is 1. The number of aromatic hydroxyl groups is 1. The van der Waals surface area contributed by atoms with Gasteiger partial charge >= 0.3 is 12.0 Å². The van der Waals surface area contributed by atoms with Crippen LogP contribution in [0.1, 0.15) is 64.3 Å². The molecule has 2 aromatic carbocycles. The summed E-state index contributed by atoms with van der Waals surface area (Å²) in [4.78, 5) is 64.3. The summed E-state index contributed by atoms with van der Waals surface area (Å²) in [7, 11) is 3.26. The van der Waals surface area contributed by atoms with Crippen molar-refractivity contribution in [3.8, 4) is 28.1 Å². The second kappa shape index (κ2) is 18.9. The molecule has 7 rings (SSSR count). The van der Waals surface area contributed by atoms with Crippen molar-refractivity contribution in [2.75, 3.05) is 53.6 Å². The number of nitrogens with one attached hydrogen (secondary N) is 2. The summed E-state index contributed by atoms with van der Waals surface area (Å²) in [6.45, 7) is 13.1. The molecule has 4 amide bonds. The van der Waals surface area contributed by atoms with Crippen LogP contribution in [-0.4, -0.2) is 125 Å². The molecule has 3 aliphatic rings. The highest BCUT2D eigenvalue weighted by Gasteiger charge is 2.38. The van der Waals surface area contributed by atoms with E-state index in [0.717, 1.165) is 44.5 Å². The van der Waals surface area contributed by atoms with Crippen LogP contribution >= 0.6 is 0 Å². The van der Waals surface area contributed by atoms with E-state index in [9.17, 15) is 24.3 Å². The summed E-state index contributed by atoms with van der Waals surface area (Å²) in [5.41, 5.74) is 9.67. The quantitative estimate of drug-likeness (QED) is 0.198. The number of hydrogen-bond donors (Lipinski definition) is 3. The molecule has 6 bridgehead atoms. The highest BCUT2D eigenvalue weighted by Crippen LogP contribution is 2.41. The van der Waals surface area contributed by atoms with E-state index in [4.69, 9.17) is 19.2 Å². The molecule has 5 heterocycles. The molecular weight excluding hydrogens is 791 g/mol. The van der Waals surface area contributed by atoms with Gasteiger partial charge in [-0.25, -0.2) is 10.2 Å². The molecule has 0 saturated carbocycles. The van der Waals surface area contributed by atoms with Crippen LogP contribution in [0, 0.1) is 11.3 Å². The summed E-state index contributed by atoms with van der Waals surface area (Å²) >= 11 is 0. The maximum Gasteiger partial charge on any atom is 0.324 e. The van der Waals surface area contributed by atoms with Crippen LogP contribution in [0.15, 0.2) is 54.7 Å². The maximum atomic E-state index is 14.6. The number of pyridine rings is 1. The number of rotatable bonds is 8. The van der Waals surface area contributed by atoms with Gasteiger partial charge in [0.2, 0.25) is 5.91 Å². The fourth-order valence-electron chi connectivity index (χ4n) is 9.20. The largest absolute Gasteiger partial charge is 0.508 e. The molecule has 3 atom stereocenters. The molecule has 0 spiro atoms. The minimum atomic E-state index is -1.12. The van der Waals surface area contributed by atoms with E-state index in [1.807, 2.05) is 32.0 Å². The van der Waals surface area contributed by atoms with E-state index >= 15 is 0 Å². The standard InChI is InChI=1S/C47H61N7O8/c1-8-53-40-14-13-31-25-35(40)36(42(53)34-11-9-15-48-39(34)27-60-7)26-47(4,5)28-62-45(58)37-12-10-16-54(50-37)44(57)38(23-30-21-32(31)24-33(55)22-30)49-43(56)41(29(2)3)51(6)46(59)52-17-19-61-20-18-52/h9,11,13-15,21-22,24-25,29,37-38,41,50,55H,8,10,12,16-20,23,26-28H2,1-7H3,(H,49,56)/t37-,38-,41-/m0/s1. The van der Waals surface area contributed by atoms with Gasteiger partial charge in [-0.05, 0) is 90.8 Å². The van der Waals surface area contributed by atoms with Crippen LogP contribution in [0.2, 0.25) is 0 Å². The Morgan fingerprint density at radius 1 is 1.08 bits per heavy atom. The summed E-state index contributed by atoms with van der Waals surface area (Å²) in [6, 6.07) is 12.4. The Bertz CT molecular complexity index is 2300. The average Bonchev–Trinajstić information content (AvgIpc) is 3.56. The topological polar surface area (TPSA) is 168 Å². The van der Waals surface area contributed by atoms with Crippen LogP contribution in [0.4, 0.5) is 4.79 Å². The molecular formula is C47H61N7O8. The Kier molecular flexibility index (Phi) is 13.5. The fourth-order valence-corrected chi connectivity index (χ4v) is 9.20. The highest BCUT2D eigenvalue weighted by molar-refractivity contribution is 5.96. The number of ether oxygens (including phenoxy) is 3. The number of esters is 1. The first-order valence-electron chi connectivity index (χ1n) is 21.7. The van der Waals surface area contributed by atoms with Crippen LogP contribution in [0.25, 0.3) is 33.3 Å². The van der Waals surface area contributed by atoms with Gasteiger partial charge in [0, 0.05) is 74.8 Å². The Morgan fingerprint density at radius 2 is 1.85 bits per heavy atom. The minimum absolute atomic E-state index is 0.00655. The van der Waals surface area contributed by atoms with E-state index < -0.39 is 41.3 Å². The number of aryl methyl sites for hydroxylation is 1. The third kappa shape index (κ3) is 9.44. The first-order chi connectivity index (χ1) is 29.7. The van der Waals surface area contributed by atoms with Crippen molar-refractivity contribution < 1.29 is 38.5 Å². The van der Waals surface area contributed by atoms with Crippen molar-refractivity contribution in [2.24, 2.45) is 11.3 Å². The monoisotopic (exact) mass is 851 g/mol. The normalized spacial score (nSPS) is 20.1. The van der Waals surface area contributed by atoms with Crippen molar-refractivity contribution in [2.45, 2.75) is 91.6 Å². The zero-order valence-corrected chi connectivity index (χ0v) is 37.0. The molecule has 62 heavy (non-hydrogen) atoms. The summed E-state index contributed by atoms with van der Waals surface area (Å²) in [5, 5.41) is 16.7. The number of phenolic OH excluding ortho intramolecular Hbond substituents is 1. The molecule has 0 radical (unpaired) electrons. The number of urea groups is 1. The van der Waals surface area contributed by atoms with E-state index in [1.165, 1.54) is 9.91 Å². The lowest BCUT2D eigenvalue weighted by Gasteiger charge is -2.38. The van der Waals surface area contributed by atoms with Gasteiger partial charge in [0.15, 0.2) is 0 Å². The lowest BCUT2D eigenvalue weighted by molar-refractivity contribution is -0.155. The highest BCUT2D eigenvalue weighted by atomic mass is 16.5. The number of carbonyl (C=O) groups excluding carboxylic acids is 4. The van der Waals surface area contributed by atoms with Crippen molar-refractivity contribution >= 4 is 34.7 Å². The molecule has 2 fully saturated rings. The first kappa shape index (κ1) is 44.5. The van der Waals surface area contributed by atoms with Gasteiger partial charge in [0.25, 0.3) is 5.91 Å². The van der Waals surface area contributed by atoms with Crippen molar-refractivity contribution in [3.63, 3.8) is 0 Å². The average molecular weight is 852 g/mol. The number of phenols is 1. The fraction of sp³-hybridized carbons (Fsp3) is 0.511. The lowest BCUT2D eigenvalue weighted by atomic mass is 9.84. The SMILES string of the molecule is CCn1c(-c2cccnc2COC)c2c3cc(ccc31)-c1cc(O)cc(c1)C[C@H](NC(=O)[C@H](C(C)C)N(C)C(=O)N1CCOCC1)C(=O)N1CCC[C@H](N1)C(=O)OCC(C)(C)C2. The van der Waals surface area contributed by atoms with E-state index in [0.29, 0.717) is 70.8 Å². The molecule has 15 heteroatoms.